The van der Waals surface area contributed by atoms with Crippen molar-refractivity contribution in [1.29, 1.82) is 0 Å². The molecule has 3 aromatic rings. The number of nitrogens with zero attached hydrogens (tertiary/aromatic N) is 3. The maximum Gasteiger partial charge on any atom is 0.293 e. The lowest BCUT2D eigenvalue weighted by Crippen LogP contribution is -2.43. The summed E-state index contributed by atoms with van der Waals surface area (Å²) in [5, 5.41) is 15.0. The van der Waals surface area contributed by atoms with E-state index in [9.17, 15) is 9.18 Å². The van der Waals surface area contributed by atoms with E-state index in [2.05, 4.69) is 54.5 Å². The molecule has 2 aromatic heterocycles. The minimum Gasteiger partial charge on any atom is -0.422 e. The number of nitrogens with one attached hydrogen (secondary N) is 1. The molecule has 0 unspecified atom stereocenters. The highest BCUT2D eigenvalue weighted by Crippen LogP contribution is 2.41. The van der Waals surface area contributed by atoms with Crippen LogP contribution in [0.15, 0.2) is 39.3 Å². The Hall–Kier alpha value is -2.85. The van der Waals surface area contributed by atoms with Gasteiger partial charge in [-0.25, -0.2) is 0 Å². The number of carbonyl (C=O) groups excluding carboxylic acids is 1. The first kappa shape index (κ1) is 24.3. The molecule has 0 aliphatic heterocycles. The first-order chi connectivity index (χ1) is 16.0. The lowest BCUT2D eigenvalue weighted by molar-refractivity contribution is 0.0858. The Morgan fingerprint density at radius 1 is 1.21 bits per heavy atom. The second-order valence-corrected chi connectivity index (χ2v) is 15.1. The fourth-order valence-corrected chi connectivity index (χ4v) is 4.97. The Bertz CT molecular complexity index is 1150. The van der Waals surface area contributed by atoms with Crippen molar-refractivity contribution in [1.82, 2.24) is 20.7 Å². The van der Waals surface area contributed by atoms with Gasteiger partial charge < -0.3 is 18.7 Å². The van der Waals surface area contributed by atoms with Crippen molar-refractivity contribution in [3.05, 3.63) is 53.7 Å². The average molecular weight is 487 g/mol. The zero-order chi connectivity index (χ0) is 24.7. The monoisotopic (exact) mass is 486 g/mol. The lowest BCUT2D eigenvalue weighted by Gasteiger charge is -2.37. The molecule has 10 heteroatoms. The summed E-state index contributed by atoms with van der Waals surface area (Å²) in [5.74, 6) is -0.784. The van der Waals surface area contributed by atoms with Gasteiger partial charge in [0.2, 0.25) is 17.6 Å². The van der Waals surface area contributed by atoms with E-state index in [0.29, 0.717) is 30.2 Å². The molecule has 0 radical (unpaired) electrons. The minimum absolute atomic E-state index is 0.0182. The van der Waals surface area contributed by atoms with E-state index in [1.165, 1.54) is 0 Å². The minimum atomic E-state index is -1.97. The Morgan fingerprint density at radius 2 is 1.88 bits per heavy atom. The molecule has 1 saturated carbocycles. The number of aromatic nitrogens is 3. The predicted molar refractivity (Wildman–Crippen MR) is 126 cm³/mol. The number of hydrogen-bond acceptors (Lipinski definition) is 7. The summed E-state index contributed by atoms with van der Waals surface area (Å²) >= 11 is 0. The van der Waals surface area contributed by atoms with Crippen LogP contribution < -0.4 is 5.32 Å². The number of hydrogen-bond donors (Lipinski definition) is 1. The SMILES string of the molecule is C[C@@H](O[Si](C)(C)C(C)(C)C)c1nnc(C2CC(NC(=O)c3onc(-c4ccccc4)c3F)C2)o1. The smallest absolute Gasteiger partial charge is 0.293 e. The summed E-state index contributed by atoms with van der Waals surface area (Å²) in [4.78, 5) is 12.5. The van der Waals surface area contributed by atoms with Crippen molar-refractivity contribution in [3.63, 3.8) is 0 Å². The molecule has 0 bridgehead atoms. The van der Waals surface area contributed by atoms with Crippen molar-refractivity contribution in [2.75, 3.05) is 0 Å². The van der Waals surface area contributed by atoms with Gasteiger partial charge in [0.1, 0.15) is 6.10 Å². The fourth-order valence-electron chi connectivity index (χ4n) is 3.63. The largest absolute Gasteiger partial charge is 0.422 e. The van der Waals surface area contributed by atoms with Gasteiger partial charge in [0.05, 0.1) is 0 Å². The van der Waals surface area contributed by atoms with Gasteiger partial charge in [-0.2, -0.15) is 4.39 Å². The highest BCUT2D eigenvalue weighted by molar-refractivity contribution is 6.74. The highest BCUT2D eigenvalue weighted by atomic mass is 28.4. The highest BCUT2D eigenvalue weighted by Gasteiger charge is 2.40. The molecule has 0 saturated heterocycles. The van der Waals surface area contributed by atoms with Crippen molar-refractivity contribution in [2.24, 2.45) is 0 Å². The van der Waals surface area contributed by atoms with Gasteiger partial charge in [-0.1, -0.05) is 56.3 Å². The molecule has 1 aliphatic rings. The van der Waals surface area contributed by atoms with Crippen LogP contribution in [0, 0.1) is 5.82 Å². The summed E-state index contributed by atoms with van der Waals surface area (Å²) in [7, 11) is -1.97. The Balaban J connectivity index is 1.32. The number of carbonyl (C=O) groups is 1. The third-order valence-electron chi connectivity index (χ3n) is 6.79. The van der Waals surface area contributed by atoms with Gasteiger partial charge in [-0.3, -0.25) is 4.79 Å². The zero-order valence-electron chi connectivity index (χ0n) is 20.4. The Kier molecular flexibility index (Phi) is 6.47. The van der Waals surface area contributed by atoms with Crippen LogP contribution in [0.5, 0.6) is 0 Å². The van der Waals surface area contributed by atoms with Crippen LogP contribution in [0.4, 0.5) is 4.39 Å². The first-order valence-electron chi connectivity index (χ1n) is 11.5. The second kappa shape index (κ2) is 9.07. The van der Waals surface area contributed by atoms with Crippen LogP contribution >= 0.6 is 0 Å². The second-order valence-electron chi connectivity index (χ2n) is 10.4. The quantitative estimate of drug-likeness (QED) is 0.432. The third-order valence-corrected chi connectivity index (χ3v) is 11.3. The zero-order valence-corrected chi connectivity index (χ0v) is 21.4. The van der Waals surface area contributed by atoms with Crippen LogP contribution in [0.3, 0.4) is 0 Å². The summed E-state index contributed by atoms with van der Waals surface area (Å²) in [5.41, 5.74) is 0.565. The van der Waals surface area contributed by atoms with Crippen molar-refractivity contribution in [3.8, 4) is 11.3 Å². The fraction of sp³-hybridized carbons (Fsp3) is 0.500. The maximum absolute atomic E-state index is 14.7. The summed E-state index contributed by atoms with van der Waals surface area (Å²) in [6.45, 7) is 12.8. The lowest BCUT2D eigenvalue weighted by atomic mass is 9.80. The molecule has 1 aliphatic carbocycles. The van der Waals surface area contributed by atoms with E-state index in [0.717, 1.165) is 0 Å². The number of benzene rings is 1. The molecule has 4 rings (SSSR count). The summed E-state index contributed by atoms with van der Waals surface area (Å²) < 4.78 is 31.9. The molecule has 1 aromatic carbocycles. The molecule has 34 heavy (non-hydrogen) atoms. The number of rotatable bonds is 7. The van der Waals surface area contributed by atoms with Gasteiger partial charge in [-0.15, -0.1) is 10.2 Å². The van der Waals surface area contributed by atoms with Crippen molar-refractivity contribution < 1.29 is 22.6 Å². The third kappa shape index (κ3) is 4.83. The normalized spacial score (nSPS) is 19.5. The van der Waals surface area contributed by atoms with E-state index < -0.39 is 25.8 Å². The molecule has 8 nitrogen and oxygen atoms in total. The molecule has 1 fully saturated rings. The average Bonchev–Trinajstić information content (AvgIpc) is 3.37. The topological polar surface area (TPSA) is 103 Å². The van der Waals surface area contributed by atoms with Gasteiger partial charge in [0.15, 0.2) is 14.0 Å². The van der Waals surface area contributed by atoms with Crippen molar-refractivity contribution in [2.45, 2.75) is 76.7 Å². The van der Waals surface area contributed by atoms with E-state index in [-0.39, 0.29) is 28.8 Å². The molecule has 0 spiro atoms. The first-order valence-corrected chi connectivity index (χ1v) is 14.4. The van der Waals surface area contributed by atoms with Gasteiger partial charge >= 0.3 is 0 Å². The molecular formula is C24H31FN4O4Si. The van der Waals surface area contributed by atoms with Crippen LogP contribution in [0.25, 0.3) is 11.3 Å². The van der Waals surface area contributed by atoms with Gasteiger partial charge in [-0.05, 0) is 37.9 Å². The predicted octanol–water partition coefficient (Wildman–Crippen LogP) is 5.62. The van der Waals surface area contributed by atoms with E-state index in [1.807, 2.05) is 13.0 Å². The molecule has 1 atom stereocenters. The van der Waals surface area contributed by atoms with Crippen molar-refractivity contribution >= 4 is 14.2 Å². The standard InChI is InChI=1S/C24H31FN4O4Si/c1-14(33-34(5,6)24(2,3)4)22-27-28-23(31-22)16-12-17(13-16)26-21(30)20-18(25)19(29-32-20)15-10-8-7-9-11-15/h7-11,14,16-17H,12-13H2,1-6H3,(H,26,30)/t14-,16?,17?/m1/s1. The van der Waals surface area contributed by atoms with Crippen LogP contribution in [-0.2, 0) is 4.43 Å². The number of amides is 1. The van der Waals surface area contributed by atoms with E-state index in [4.69, 9.17) is 13.4 Å². The van der Waals surface area contributed by atoms with Crippen LogP contribution in [0.2, 0.25) is 18.1 Å². The summed E-state index contributed by atoms with van der Waals surface area (Å²) in [6, 6.07) is 8.61. The molecule has 2 heterocycles. The Morgan fingerprint density at radius 3 is 2.53 bits per heavy atom. The van der Waals surface area contributed by atoms with E-state index >= 15 is 0 Å². The molecular weight excluding hydrogens is 455 g/mol. The van der Waals surface area contributed by atoms with Crippen LogP contribution in [-0.4, -0.2) is 35.6 Å². The van der Waals surface area contributed by atoms with Crippen LogP contribution in [0.1, 0.15) is 74.9 Å². The molecule has 1 N–H and O–H groups in total. The summed E-state index contributed by atoms with van der Waals surface area (Å²) in [6.07, 6.45) is 0.948. The maximum atomic E-state index is 14.7. The van der Waals surface area contributed by atoms with Gasteiger partial charge in [0, 0.05) is 17.5 Å². The number of halogens is 1. The van der Waals surface area contributed by atoms with Gasteiger partial charge in [0.25, 0.3) is 11.7 Å². The molecule has 182 valence electrons. The molecule has 1 amide bonds. The Labute approximate surface area is 199 Å². The van der Waals surface area contributed by atoms with E-state index in [1.54, 1.807) is 24.3 Å².